The zero-order valence-electron chi connectivity index (χ0n) is 10.4. The van der Waals surface area contributed by atoms with E-state index >= 15 is 0 Å². The summed E-state index contributed by atoms with van der Waals surface area (Å²) in [5.74, 6) is -1.46. The molecule has 0 aliphatic carbocycles. The van der Waals surface area contributed by atoms with Gasteiger partial charge in [-0.1, -0.05) is 0 Å². The van der Waals surface area contributed by atoms with Gasteiger partial charge in [-0.25, -0.2) is 4.79 Å². The van der Waals surface area contributed by atoms with Gasteiger partial charge < -0.3 is 15.3 Å². The second kappa shape index (κ2) is 6.78. The van der Waals surface area contributed by atoms with Crippen LogP contribution in [0.2, 0.25) is 0 Å². The molecule has 0 bridgehead atoms. The van der Waals surface area contributed by atoms with E-state index in [2.05, 4.69) is 5.32 Å². The maximum absolute atomic E-state index is 11.6. The van der Waals surface area contributed by atoms with Crippen molar-refractivity contribution in [2.24, 2.45) is 5.92 Å². The van der Waals surface area contributed by atoms with E-state index in [4.69, 9.17) is 5.11 Å². The Morgan fingerprint density at radius 3 is 2.39 bits per heavy atom. The Kier molecular flexibility index (Phi) is 5.35. The van der Waals surface area contributed by atoms with Crippen LogP contribution >= 0.6 is 0 Å². The lowest BCUT2D eigenvalue weighted by Crippen LogP contribution is -2.42. The molecule has 1 fully saturated rings. The molecule has 18 heavy (non-hydrogen) atoms. The zero-order chi connectivity index (χ0) is 13.5. The number of carbonyl (C=O) groups is 3. The largest absolute Gasteiger partial charge is 0.478 e. The molecular weight excluding hydrogens is 236 g/mol. The summed E-state index contributed by atoms with van der Waals surface area (Å²) in [4.78, 5) is 35.0. The normalized spacial score (nSPS) is 16.8. The molecule has 6 nitrogen and oxygen atoms in total. The number of piperidine rings is 1. The fraction of sp³-hybridized carbons (Fsp3) is 0.583. The van der Waals surface area contributed by atoms with E-state index < -0.39 is 5.97 Å². The van der Waals surface area contributed by atoms with Gasteiger partial charge in [0.15, 0.2) is 0 Å². The summed E-state index contributed by atoms with van der Waals surface area (Å²) in [6, 6.07) is 0. The highest BCUT2D eigenvalue weighted by atomic mass is 16.4. The van der Waals surface area contributed by atoms with Crippen LogP contribution < -0.4 is 5.32 Å². The number of carboxylic acids is 1. The summed E-state index contributed by atoms with van der Waals surface area (Å²) in [6.07, 6.45) is 3.13. The fourth-order valence-electron chi connectivity index (χ4n) is 1.93. The first-order chi connectivity index (χ1) is 8.54. The third-order valence-electron chi connectivity index (χ3n) is 2.90. The summed E-state index contributed by atoms with van der Waals surface area (Å²) in [6.45, 7) is 3.46. The zero-order valence-corrected chi connectivity index (χ0v) is 10.4. The Morgan fingerprint density at radius 2 is 1.89 bits per heavy atom. The standard InChI is InChI=1S/C12H18N2O4/c1-2-13-12(18)9-5-7-14(8-6-9)10(15)3-4-11(16)17/h3-4,9H,2,5-8H2,1H3,(H,13,18)(H,16,17)/b4-3+. The van der Waals surface area contributed by atoms with Crippen LogP contribution in [0.15, 0.2) is 12.2 Å². The molecule has 1 aliphatic heterocycles. The molecule has 0 aromatic carbocycles. The average molecular weight is 254 g/mol. The molecule has 0 atom stereocenters. The Labute approximate surface area is 106 Å². The minimum absolute atomic E-state index is 0.0330. The summed E-state index contributed by atoms with van der Waals surface area (Å²) in [5, 5.41) is 11.2. The lowest BCUT2D eigenvalue weighted by Gasteiger charge is -2.30. The van der Waals surface area contributed by atoms with Gasteiger partial charge in [0, 0.05) is 37.7 Å². The summed E-state index contributed by atoms with van der Waals surface area (Å²) in [7, 11) is 0. The Balaban J connectivity index is 2.41. The van der Waals surface area contributed by atoms with Crippen LogP contribution in [0.3, 0.4) is 0 Å². The van der Waals surface area contributed by atoms with E-state index in [9.17, 15) is 14.4 Å². The number of carbonyl (C=O) groups excluding carboxylic acids is 2. The molecule has 0 unspecified atom stereocenters. The maximum atomic E-state index is 11.6. The molecule has 1 rings (SSSR count). The molecule has 6 heteroatoms. The van der Waals surface area contributed by atoms with E-state index in [1.807, 2.05) is 6.92 Å². The van der Waals surface area contributed by atoms with Gasteiger partial charge in [-0.3, -0.25) is 9.59 Å². The number of aliphatic carboxylic acids is 1. The van der Waals surface area contributed by atoms with Crippen molar-refractivity contribution >= 4 is 17.8 Å². The number of nitrogens with zero attached hydrogens (tertiary/aromatic N) is 1. The maximum Gasteiger partial charge on any atom is 0.328 e. The van der Waals surface area contributed by atoms with Gasteiger partial charge in [0.1, 0.15) is 0 Å². The first kappa shape index (κ1) is 14.2. The van der Waals surface area contributed by atoms with Gasteiger partial charge in [0.05, 0.1) is 0 Å². The average Bonchev–Trinajstić information content (AvgIpc) is 2.36. The smallest absolute Gasteiger partial charge is 0.328 e. The van der Waals surface area contributed by atoms with Crippen LogP contribution in [-0.2, 0) is 14.4 Å². The van der Waals surface area contributed by atoms with Gasteiger partial charge in [-0.05, 0) is 19.8 Å². The quantitative estimate of drug-likeness (QED) is 0.691. The van der Waals surface area contributed by atoms with Gasteiger partial charge in [-0.2, -0.15) is 0 Å². The number of likely N-dealkylation sites (tertiary alicyclic amines) is 1. The summed E-state index contributed by atoms with van der Waals surface area (Å²) >= 11 is 0. The fourth-order valence-corrected chi connectivity index (χ4v) is 1.93. The predicted molar refractivity (Wildman–Crippen MR) is 64.8 cm³/mol. The molecule has 0 radical (unpaired) electrons. The molecule has 2 N–H and O–H groups in total. The van der Waals surface area contributed by atoms with E-state index in [1.165, 1.54) is 0 Å². The topological polar surface area (TPSA) is 86.7 Å². The van der Waals surface area contributed by atoms with Crippen molar-refractivity contribution in [2.75, 3.05) is 19.6 Å². The number of hydrogen-bond donors (Lipinski definition) is 2. The SMILES string of the molecule is CCNC(=O)C1CCN(C(=O)/C=C/C(=O)O)CC1. The van der Waals surface area contributed by atoms with Gasteiger partial charge in [-0.15, -0.1) is 0 Å². The first-order valence-corrected chi connectivity index (χ1v) is 6.02. The second-order valence-corrected chi connectivity index (χ2v) is 4.17. The molecule has 1 aliphatic rings. The molecule has 0 spiro atoms. The third-order valence-corrected chi connectivity index (χ3v) is 2.90. The van der Waals surface area contributed by atoms with Crippen LogP contribution in [0, 0.1) is 5.92 Å². The van der Waals surface area contributed by atoms with Gasteiger partial charge >= 0.3 is 5.97 Å². The lowest BCUT2D eigenvalue weighted by atomic mass is 9.96. The van der Waals surface area contributed by atoms with Gasteiger partial charge in [0.2, 0.25) is 11.8 Å². The highest BCUT2D eigenvalue weighted by Gasteiger charge is 2.26. The van der Waals surface area contributed by atoms with Crippen molar-refractivity contribution in [3.8, 4) is 0 Å². The highest BCUT2D eigenvalue weighted by Crippen LogP contribution is 2.17. The lowest BCUT2D eigenvalue weighted by molar-refractivity contribution is -0.133. The molecular formula is C12H18N2O4. The van der Waals surface area contributed by atoms with Crippen LogP contribution in [-0.4, -0.2) is 47.4 Å². The predicted octanol–water partition coefficient (Wildman–Crippen LogP) is 0.00190. The number of rotatable bonds is 4. The van der Waals surface area contributed by atoms with E-state index in [0.29, 0.717) is 32.5 Å². The van der Waals surface area contributed by atoms with Crippen molar-refractivity contribution in [2.45, 2.75) is 19.8 Å². The molecule has 0 aromatic heterocycles. The monoisotopic (exact) mass is 254 g/mol. The van der Waals surface area contributed by atoms with Crippen LogP contribution in [0.1, 0.15) is 19.8 Å². The highest BCUT2D eigenvalue weighted by molar-refractivity contribution is 5.94. The summed E-state index contributed by atoms with van der Waals surface area (Å²) < 4.78 is 0. The summed E-state index contributed by atoms with van der Waals surface area (Å²) in [5.41, 5.74) is 0. The number of nitrogens with one attached hydrogen (secondary N) is 1. The van der Waals surface area contributed by atoms with Crippen molar-refractivity contribution in [3.05, 3.63) is 12.2 Å². The van der Waals surface area contributed by atoms with Gasteiger partial charge in [0.25, 0.3) is 0 Å². The molecule has 0 aromatic rings. The Bertz CT molecular complexity index is 357. The van der Waals surface area contributed by atoms with E-state index in [-0.39, 0.29) is 17.7 Å². The second-order valence-electron chi connectivity index (χ2n) is 4.17. The van der Waals surface area contributed by atoms with Crippen LogP contribution in [0.5, 0.6) is 0 Å². The molecule has 1 heterocycles. The first-order valence-electron chi connectivity index (χ1n) is 6.02. The molecule has 2 amide bonds. The number of hydrogen-bond acceptors (Lipinski definition) is 3. The minimum atomic E-state index is -1.14. The minimum Gasteiger partial charge on any atom is -0.478 e. The third kappa shape index (κ3) is 4.20. The number of carboxylic acid groups (broad SMARTS) is 1. The molecule has 1 saturated heterocycles. The van der Waals surface area contributed by atoms with Crippen LogP contribution in [0.4, 0.5) is 0 Å². The number of amides is 2. The molecule has 100 valence electrons. The van der Waals surface area contributed by atoms with Crippen molar-refractivity contribution in [1.82, 2.24) is 10.2 Å². The van der Waals surface area contributed by atoms with Crippen molar-refractivity contribution < 1.29 is 19.5 Å². The Hall–Kier alpha value is -1.85. The van der Waals surface area contributed by atoms with E-state index in [1.54, 1.807) is 4.90 Å². The van der Waals surface area contributed by atoms with Crippen molar-refractivity contribution in [1.29, 1.82) is 0 Å². The Morgan fingerprint density at radius 1 is 1.28 bits per heavy atom. The van der Waals surface area contributed by atoms with Crippen LogP contribution in [0.25, 0.3) is 0 Å². The van der Waals surface area contributed by atoms with Crippen molar-refractivity contribution in [3.63, 3.8) is 0 Å². The molecule has 0 saturated carbocycles. The van der Waals surface area contributed by atoms with E-state index in [0.717, 1.165) is 12.2 Å².